The second kappa shape index (κ2) is 11.6. The highest BCUT2D eigenvalue weighted by Crippen LogP contribution is 2.51. The van der Waals surface area contributed by atoms with Gasteiger partial charge in [-0.2, -0.15) is 13.2 Å². The molecule has 0 bridgehead atoms. The Bertz CT molecular complexity index is 908. The van der Waals surface area contributed by atoms with Crippen LogP contribution in [0.5, 0.6) is 0 Å². The van der Waals surface area contributed by atoms with Gasteiger partial charge in [-0.15, -0.1) is 0 Å². The molecule has 0 spiro atoms. The van der Waals surface area contributed by atoms with Gasteiger partial charge in [-0.25, -0.2) is 4.79 Å². The molecule has 2 fully saturated rings. The second-order valence-electron chi connectivity index (χ2n) is 10.5. The minimum atomic E-state index is -4.96. The summed E-state index contributed by atoms with van der Waals surface area (Å²) in [5.74, 6) is -1.56. The van der Waals surface area contributed by atoms with E-state index in [0.717, 1.165) is 67.7 Å². The van der Waals surface area contributed by atoms with Crippen molar-refractivity contribution >= 4 is 33.5 Å². The summed E-state index contributed by atoms with van der Waals surface area (Å²) in [4.78, 5) is 14.1. The molecule has 1 aliphatic heterocycles. The SMILES string of the molecule is O=C(OC1CCC=C(Br)C(C2(CN3CCC(c4ccccc4Cl)CC3)CCCCC2)C1)C(F)(F)F. The Hall–Kier alpha value is -1.05. The largest absolute Gasteiger partial charge is 0.490 e. The van der Waals surface area contributed by atoms with Gasteiger partial charge in [0.2, 0.25) is 0 Å². The standard InChI is InChI=1S/C27H34BrClF3NO2/c28-23-9-6-7-20(35-25(34)27(30,31)32)17-22(23)26(13-4-1-5-14-26)18-33-15-11-19(12-16-33)21-8-2-3-10-24(21)29/h2-3,8-10,19-20,22H,1,4-7,11-18H2. The molecule has 35 heavy (non-hydrogen) atoms. The summed E-state index contributed by atoms with van der Waals surface area (Å²) in [5.41, 5.74) is 1.20. The van der Waals surface area contributed by atoms with Crippen LogP contribution >= 0.6 is 27.5 Å². The fraction of sp³-hybridized carbons (Fsp3) is 0.667. The lowest BCUT2D eigenvalue weighted by Gasteiger charge is -2.48. The first-order valence-corrected chi connectivity index (χ1v) is 14.0. The molecule has 8 heteroatoms. The summed E-state index contributed by atoms with van der Waals surface area (Å²) in [6.45, 7) is 2.89. The summed E-state index contributed by atoms with van der Waals surface area (Å²) >= 11 is 10.2. The predicted molar refractivity (Wildman–Crippen MR) is 136 cm³/mol. The van der Waals surface area contributed by atoms with Gasteiger partial charge in [0, 0.05) is 17.5 Å². The van der Waals surface area contributed by atoms with Crippen LogP contribution in [0.3, 0.4) is 0 Å². The van der Waals surface area contributed by atoms with Crippen molar-refractivity contribution in [3.8, 4) is 0 Å². The van der Waals surface area contributed by atoms with Crippen LogP contribution in [0.1, 0.15) is 75.7 Å². The van der Waals surface area contributed by atoms with E-state index >= 15 is 0 Å². The minimum Gasteiger partial charge on any atom is -0.456 e. The molecule has 1 aromatic rings. The van der Waals surface area contributed by atoms with Crippen molar-refractivity contribution in [2.24, 2.45) is 11.3 Å². The molecule has 2 unspecified atom stereocenters. The van der Waals surface area contributed by atoms with Crippen LogP contribution in [0, 0.1) is 11.3 Å². The van der Waals surface area contributed by atoms with Crippen molar-refractivity contribution in [1.29, 1.82) is 0 Å². The molecule has 3 nitrogen and oxygen atoms in total. The van der Waals surface area contributed by atoms with Gasteiger partial charge in [-0.3, -0.25) is 0 Å². The van der Waals surface area contributed by atoms with Crippen molar-refractivity contribution in [3.63, 3.8) is 0 Å². The molecule has 0 N–H and O–H groups in total. The van der Waals surface area contributed by atoms with Gasteiger partial charge in [0.15, 0.2) is 0 Å². The molecular formula is C27H34BrClF3NO2. The van der Waals surface area contributed by atoms with Crippen LogP contribution in [0.25, 0.3) is 0 Å². The number of alkyl halides is 3. The lowest BCUT2D eigenvalue weighted by atomic mass is 9.63. The van der Waals surface area contributed by atoms with Crippen molar-refractivity contribution < 1.29 is 22.7 Å². The first-order valence-electron chi connectivity index (χ1n) is 12.8. The molecule has 1 saturated carbocycles. The summed E-state index contributed by atoms with van der Waals surface area (Å²) < 4.78 is 44.7. The number of carbonyl (C=O) groups excluding carboxylic acids is 1. The smallest absolute Gasteiger partial charge is 0.456 e. The Morgan fingerprint density at radius 2 is 1.80 bits per heavy atom. The first-order chi connectivity index (χ1) is 16.7. The third-order valence-corrected chi connectivity index (χ3v) is 9.44. The number of carbonyl (C=O) groups is 1. The third kappa shape index (κ3) is 6.64. The van der Waals surface area contributed by atoms with E-state index in [1.54, 1.807) is 0 Å². The summed E-state index contributed by atoms with van der Waals surface area (Å²) in [5, 5.41) is 0.835. The average molecular weight is 577 g/mol. The van der Waals surface area contributed by atoms with E-state index in [2.05, 4.69) is 33.0 Å². The predicted octanol–water partition coefficient (Wildman–Crippen LogP) is 8.02. The van der Waals surface area contributed by atoms with E-state index in [4.69, 9.17) is 16.3 Å². The number of rotatable bonds is 5. The molecule has 1 aromatic carbocycles. The number of likely N-dealkylation sites (tertiary alicyclic amines) is 1. The highest BCUT2D eigenvalue weighted by Gasteiger charge is 2.47. The van der Waals surface area contributed by atoms with Crippen LogP contribution in [0.4, 0.5) is 13.2 Å². The van der Waals surface area contributed by atoms with Crippen LogP contribution in [0.15, 0.2) is 34.8 Å². The Morgan fingerprint density at radius 1 is 1.11 bits per heavy atom. The number of nitrogens with zero attached hydrogens (tertiary/aromatic N) is 1. The number of halogens is 5. The van der Waals surface area contributed by atoms with E-state index in [1.807, 2.05) is 18.2 Å². The van der Waals surface area contributed by atoms with E-state index in [-0.39, 0.29) is 11.3 Å². The zero-order valence-electron chi connectivity index (χ0n) is 20.0. The minimum absolute atomic E-state index is 0.0297. The van der Waals surface area contributed by atoms with Gasteiger partial charge >= 0.3 is 12.1 Å². The van der Waals surface area contributed by atoms with Crippen LogP contribution in [-0.2, 0) is 9.53 Å². The Morgan fingerprint density at radius 3 is 2.46 bits per heavy atom. The van der Waals surface area contributed by atoms with Gasteiger partial charge in [-0.1, -0.05) is 71.1 Å². The number of allylic oxidation sites excluding steroid dienone is 2. The van der Waals surface area contributed by atoms with Gasteiger partial charge < -0.3 is 9.64 Å². The number of esters is 1. The van der Waals surface area contributed by atoms with Crippen molar-refractivity contribution in [1.82, 2.24) is 4.90 Å². The maximum absolute atomic E-state index is 12.9. The van der Waals surface area contributed by atoms with Gasteiger partial charge in [0.1, 0.15) is 6.10 Å². The maximum Gasteiger partial charge on any atom is 0.490 e. The van der Waals surface area contributed by atoms with Crippen molar-refractivity contribution in [2.75, 3.05) is 19.6 Å². The Kier molecular flexibility index (Phi) is 8.91. The van der Waals surface area contributed by atoms with E-state index < -0.39 is 18.2 Å². The summed E-state index contributed by atoms with van der Waals surface area (Å²) in [7, 11) is 0. The number of piperidine rings is 1. The summed E-state index contributed by atoms with van der Waals surface area (Å²) in [6, 6.07) is 8.09. The molecular weight excluding hydrogens is 543 g/mol. The lowest BCUT2D eigenvalue weighted by Crippen LogP contribution is -2.47. The van der Waals surface area contributed by atoms with Crippen LogP contribution < -0.4 is 0 Å². The lowest BCUT2D eigenvalue weighted by molar-refractivity contribution is -0.206. The highest BCUT2D eigenvalue weighted by molar-refractivity contribution is 9.11. The molecule has 1 heterocycles. The quantitative estimate of drug-likeness (QED) is 0.333. The topological polar surface area (TPSA) is 29.5 Å². The Balaban J connectivity index is 1.47. The molecule has 194 valence electrons. The molecule has 2 aliphatic carbocycles. The fourth-order valence-corrected chi connectivity index (χ4v) is 7.63. The monoisotopic (exact) mass is 575 g/mol. The van der Waals surface area contributed by atoms with Gasteiger partial charge in [0.25, 0.3) is 0 Å². The fourth-order valence-electron chi connectivity index (χ4n) is 6.44. The molecule has 0 radical (unpaired) electrons. The van der Waals surface area contributed by atoms with E-state index in [9.17, 15) is 18.0 Å². The zero-order chi connectivity index (χ0) is 25.1. The number of benzene rings is 1. The molecule has 1 saturated heterocycles. The molecule has 4 rings (SSSR count). The molecule has 0 aromatic heterocycles. The van der Waals surface area contributed by atoms with Crippen LogP contribution in [-0.4, -0.2) is 42.8 Å². The zero-order valence-corrected chi connectivity index (χ0v) is 22.3. The highest BCUT2D eigenvalue weighted by atomic mass is 79.9. The molecule has 2 atom stereocenters. The van der Waals surface area contributed by atoms with E-state index in [0.29, 0.717) is 25.2 Å². The maximum atomic E-state index is 12.9. The van der Waals surface area contributed by atoms with Crippen molar-refractivity contribution in [2.45, 2.75) is 82.4 Å². The normalized spacial score (nSPS) is 26.6. The Labute approximate surface area is 219 Å². The number of ether oxygens (including phenoxy) is 1. The van der Waals surface area contributed by atoms with E-state index in [1.165, 1.54) is 12.0 Å². The number of hydrogen-bond donors (Lipinski definition) is 0. The molecule has 3 aliphatic rings. The number of hydrogen-bond acceptors (Lipinski definition) is 3. The van der Waals surface area contributed by atoms with Gasteiger partial charge in [-0.05, 0) is 85.5 Å². The van der Waals surface area contributed by atoms with Crippen molar-refractivity contribution in [3.05, 3.63) is 45.4 Å². The van der Waals surface area contributed by atoms with Gasteiger partial charge in [0.05, 0.1) is 0 Å². The second-order valence-corrected chi connectivity index (χ2v) is 11.8. The average Bonchev–Trinajstić information content (AvgIpc) is 3.01. The third-order valence-electron chi connectivity index (χ3n) is 8.22. The molecule has 0 amide bonds. The van der Waals surface area contributed by atoms with Crippen LogP contribution in [0.2, 0.25) is 5.02 Å². The summed E-state index contributed by atoms with van der Waals surface area (Å²) in [6.07, 6.45) is 5.51. The first kappa shape index (κ1) is 27.0.